The van der Waals surface area contributed by atoms with Crippen LogP contribution in [0.4, 0.5) is 30.5 Å². The number of rotatable bonds is 8. The van der Waals surface area contributed by atoms with E-state index in [9.17, 15) is 23.1 Å². The zero-order chi connectivity index (χ0) is 29.7. The summed E-state index contributed by atoms with van der Waals surface area (Å²) in [5.41, 5.74) is 0.908. The van der Waals surface area contributed by atoms with Crippen molar-refractivity contribution >= 4 is 40.9 Å². The van der Waals surface area contributed by atoms with Crippen molar-refractivity contribution < 1.29 is 27.8 Å². The van der Waals surface area contributed by atoms with Crippen molar-refractivity contribution in [1.29, 1.82) is 0 Å². The van der Waals surface area contributed by atoms with Crippen molar-refractivity contribution in [3.63, 3.8) is 0 Å². The van der Waals surface area contributed by atoms with Crippen molar-refractivity contribution in [2.75, 3.05) is 43.4 Å². The SMILES string of the molecule is O=C(NCCN1CCC(O)CC1)C1=Cc2c(ncnc2Nc2ccc(Oc3cccc(C(F)(F)F)c3)c(Cl)c2)NCC1. The minimum Gasteiger partial charge on any atom is -0.456 e. The van der Waals surface area contributed by atoms with Crippen LogP contribution in [-0.2, 0) is 11.0 Å². The highest BCUT2D eigenvalue weighted by molar-refractivity contribution is 6.32. The second kappa shape index (κ2) is 13.0. The molecule has 3 aromatic rings. The zero-order valence-corrected chi connectivity index (χ0v) is 23.3. The number of anilines is 3. The lowest BCUT2D eigenvalue weighted by molar-refractivity contribution is -0.137. The summed E-state index contributed by atoms with van der Waals surface area (Å²) in [4.78, 5) is 23.9. The van der Waals surface area contributed by atoms with Gasteiger partial charge in [-0.05, 0) is 61.7 Å². The van der Waals surface area contributed by atoms with Crippen LogP contribution < -0.4 is 20.7 Å². The number of ether oxygens (including phenoxy) is 1. The van der Waals surface area contributed by atoms with E-state index >= 15 is 0 Å². The molecule has 0 bridgehead atoms. The predicted octanol–water partition coefficient (Wildman–Crippen LogP) is 5.46. The third kappa shape index (κ3) is 7.50. The molecule has 42 heavy (non-hydrogen) atoms. The Bertz CT molecular complexity index is 1460. The van der Waals surface area contributed by atoms with Gasteiger partial charge in [-0.15, -0.1) is 0 Å². The fourth-order valence-corrected chi connectivity index (χ4v) is 4.98. The van der Waals surface area contributed by atoms with Gasteiger partial charge < -0.3 is 30.7 Å². The molecule has 1 saturated heterocycles. The van der Waals surface area contributed by atoms with Gasteiger partial charge in [-0.2, -0.15) is 13.2 Å². The van der Waals surface area contributed by atoms with Gasteiger partial charge in [0.2, 0.25) is 5.91 Å². The number of aliphatic hydroxyl groups is 1. The molecule has 5 rings (SSSR count). The molecule has 4 N–H and O–H groups in total. The maximum Gasteiger partial charge on any atom is 0.416 e. The van der Waals surface area contributed by atoms with E-state index in [1.807, 2.05) is 0 Å². The molecule has 9 nitrogen and oxygen atoms in total. The molecule has 1 amide bonds. The lowest BCUT2D eigenvalue weighted by Crippen LogP contribution is -2.41. The van der Waals surface area contributed by atoms with Crippen molar-refractivity contribution in [3.8, 4) is 11.5 Å². The summed E-state index contributed by atoms with van der Waals surface area (Å²) in [5.74, 6) is 1.03. The Labute approximate surface area is 245 Å². The summed E-state index contributed by atoms with van der Waals surface area (Å²) in [7, 11) is 0. The van der Waals surface area contributed by atoms with E-state index < -0.39 is 11.7 Å². The molecule has 1 fully saturated rings. The first-order valence-electron chi connectivity index (χ1n) is 13.6. The number of halogens is 4. The Hall–Kier alpha value is -3.87. The highest BCUT2D eigenvalue weighted by Crippen LogP contribution is 2.36. The molecule has 1 aromatic heterocycles. The smallest absolute Gasteiger partial charge is 0.416 e. The molecule has 0 radical (unpaired) electrons. The highest BCUT2D eigenvalue weighted by Gasteiger charge is 2.30. The molecule has 0 spiro atoms. The maximum atomic E-state index is 13.1. The molecule has 0 saturated carbocycles. The predicted molar refractivity (Wildman–Crippen MR) is 154 cm³/mol. The van der Waals surface area contributed by atoms with E-state index in [0.29, 0.717) is 54.5 Å². The molecular formula is C29H30ClF3N6O3. The van der Waals surface area contributed by atoms with Gasteiger partial charge in [0, 0.05) is 44.0 Å². The van der Waals surface area contributed by atoms with E-state index in [0.717, 1.165) is 38.1 Å². The second-order valence-electron chi connectivity index (χ2n) is 10.1. The summed E-state index contributed by atoms with van der Waals surface area (Å²) in [6.45, 7) is 3.35. The van der Waals surface area contributed by atoms with Gasteiger partial charge in [-0.1, -0.05) is 17.7 Å². The van der Waals surface area contributed by atoms with Crippen molar-refractivity contribution in [2.45, 2.75) is 31.5 Å². The topological polar surface area (TPSA) is 112 Å². The molecule has 0 atom stereocenters. The Morgan fingerprint density at radius 1 is 1.17 bits per heavy atom. The molecule has 3 heterocycles. The van der Waals surface area contributed by atoms with Crippen LogP contribution in [-0.4, -0.2) is 64.7 Å². The molecule has 222 valence electrons. The average Bonchev–Trinajstić information content (AvgIpc) is 3.19. The van der Waals surface area contributed by atoms with E-state index in [4.69, 9.17) is 16.3 Å². The lowest BCUT2D eigenvalue weighted by atomic mass is 10.1. The molecule has 2 aliphatic heterocycles. The van der Waals surface area contributed by atoms with Gasteiger partial charge in [0.15, 0.2) is 0 Å². The first-order valence-corrected chi connectivity index (χ1v) is 13.9. The lowest BCUT2D eigenvalue weighted by Gasteiger charge is -2.29. The van der Waals surface area contributed by atoms with Crippen LogP contribution >= 0.6 is 11.6 Å². The number of aromatic nitrogens is 2. The summed E-state index contributed by atoms with van der Waals surface area (Å²) in [5, 5.41) is 19.3. The number of nitrogens with one attached hydrogen (secondary N) is 3. The third-order valence-corrected chi connectivity index (χ3v) is 7.33. The van der Waals surface area contributed by atoms with Crippen molar-refractivity contribution in [1.82, 2.24) is 20.2 Å². The van der Waals surface area contributed by atoms with Gasteiger partial charge in [-0.3, -0.25) is 4.79 Å². The number of hydrogen-bond acceptors (Lipinski definition) is 8. The number of fused-ring (bicyclic) bond motifs is 1. The van der Waals surface area contributed by atoms with E-state index in [2.05, 4.69) is 30.8 Å². The highest BCUT2D eigenvalue weighted by atomic mass is 35.5. The van der Waals surface area contributed by atoms with Crippen LogP contribution in [0.3, 0.4) is 0 Å². The number of likely N-dealkylation sites (tertiary alicyclic amines) is 1. The number of piperidine rings is 1. The monoisotopic (exact) mass is 602 g/mol. The second-order valence-corrected chi connectivity index (χ2v) is 10.5. The van der Waals surface area contributed by atoms with Crippen LogP contribution in [0.1, 0.15) is 30.4 Å². The Kier molecular flexibility index (Phi) is 9.15. The van der Waals surface area contributed by atoms with Gasteiger partial charge >= 0.3 is 6.18 Å². The van der Waals surface area contributed by atoms with Gasteiger partial charge in [0.25, 0.3) is 0 Å². The molecule has 13 heteroatoms. The quantitative estimate of drug-likeness (QED) is 0.269. The van der Waals surface area contributed by atoms with Crippen LogP contribution in [0.15, 0.2) is 54.4 Å². The number of aliphatic hydroxyl groups excluding tert-OH is 1. The Morgan fingerprint density at radius 2 is 1.98 bits per heavy atom. The number of benzene rings is 2. The summed E-state index contributed by atoms with van der Waals surface area (Å²) >= 11 is 6.41. The number of hydrogen-bond donors (Lipinski definition) is 4. The number of carbonyl (C=O) groups excluding carboxylic acids is 1. The number of alkyl halides is 3. The number of carbonyl (C=O) groups is 1. The van der Waals surface area contributed by atoms with Crippen LogP contribution in [0.2, 0.25) is 5.02 Å². The van der Waals surface area contributed by atoms with E-state index in [1.54, 1.807) is 24.3 Å². The number of amides is 1. The normalized spacial score (nSPS) is 16.1. The van der Waals surface area contributed by atoms with Gasteiger partial charge in [0.05, 0.1) is 22.3 Å². The third-order valence-electron chi connectivity index (χ3n) is 7.04. The molecular weight excluding hydrogens is 573 g/mol. The van der Waals surface area contributed by atoms with Gasteiger partial charge in [0.1, 0.15) is 29.5 Å². The van der Waals surface area contributed by atoms with Crippen molar-refractivity contribution in [3.05, 3.63) is 70.5 Å². The molecule has 0 unspecified atom stereocenters. The first kappa shape index (κ1) is 29.6. The van der Waals surface area contributed by atoms with Crippen LogP contribution in [0.5, 0.6) is 11.5 Å². The fraction of sp³-hybridized carbons (Fsp3) is 0.345. The molecule has 0 aliphatic carbocycles. The van der Waals surface area contributed by atoms with Crippen LogP contribution in [0.25, 0.3) is 6.08 Å². The minimum absolute atomic E-state index is 0.00491. The standard InChI is InChI=1S/C29H30ClF3N6O3/c30-24-16-20(4-5-25(24)42-22-3-1-2-19(15-22)29(31,32)33)38-27-23-14-18(6-9-34-26(23)36-17-37-27)28(41)35-10-13-39-11-7-21(40)8-12-39/h1-5,14-17,21,40H,6-13H2,(H,35,41)(H2,34,36,37,38). The molecule has 2 aliphatic rings. The summed E-state index contributed by atoms with van der Waals surface area (Å²) in [6.07, 6.45) is 0.408. The van der Waals surface area contributed by atoms with Gasteiger partial charge in [-0.25, -0.2) is 9.97 Å². The molecule has 2 aromatic carbocycles. The van der Waals surface area contributed by atoms with E-state index in [1.165, 1.54) is 18.5 Å². The largest absolute Gasteiger partial charge is 0.456 e. The fourth-order valence-electron chi connectivity index (χ4n) is 4.76. The summed E-state index contributed by atoms with van der Waals surface area (Å²) in [6, 6.07) is 9.32. The van der Waals surface area contributed by atoms with Crippen molar-refractivity contribution in [2.24, 2.45) is 0 Å². The maximum absolute atomic E-state index is 13.1. The van der Waals surface area contributed by atoms with Crippen LogP contribution in [0, 0.1) is 0 Å². The Balaban J connectivity index is 1.27. The summed E-state index contributed by atoms with van der Waals surface area (Å²) < 4.78 is 44.8. The van der Waals surface area contributed by atoms with E-state index in [-0.39, 0.29) is 28.5 Å². The Morgan fingerprint density at radius 3 is 2.74 bits per heavy atom. The average molecular weight is 603 g/mol. The zero-order valence-electron chi connectivity index (χ0n) is 22.5. The minimum atomic E-state index is -4.49. The number of nitrogens with zero attached hydrogens (tertiary/aromatic N) is 3. The first-order chi connectivity index (χ1) is 20.2.